The predicted octanol–water partition coefficient (Wildman–Crippen LogP) is 3.73. The van der Waals surface area contributed by atoms with Gasteiger partial charge in [0.05, 0.1) is 5.69 Å². The van der Waals surface area contributed by atoms with Gasteiger partial charge in [-0.05, 0) is 62.0 Å². The van der Waals surface area contributed by atoms with Crippen molar-refractivity contribution < 1.29 is 0 Å². The fourth-order valence-electron chi connectivity index (χ4n) is 2.45. The van der Waals surface area contributed by atoms with Gasteiger partial charge in [-0.15, -0.1) is 24.0 Å². The monoisotopic (exact) mass is 487 g/mol. The number of unbranched alkanes of at least 4 members (excludes halogenated alkanes) is 1. The molecular formula is C19H30IN5S. The van der Waals surface area contributed by atoms with Gasteiger partial charge in [-0.1, -0.05) is 12.1 Å². The summed E-state index contributed by atoms with van der Waals surface area (Å²) in [5, 5.41) is 11.0. The summed E-state index contributed by atoms with van der Waals surface area (Å²) in [6.07, 6.45) is 9.24. The Kier molecular flexibility index (Phi) is 12.2. The highest BCUT2D eigenvalue weighted by Crippen LogP contribution is 2.08. The lowest BCUT2D eigenvalue weighted by atomic mass is 10.1. The average Bonchev–Trinajstić information content (AvgIpc) is 3.17. The van der Waals surface area contributed by atoms with E-state index < -0.39 is 0 Å². The van der Waals surface area contributed by atoms with Crippen molar-refractivity contribution >= 4 is 41.7 Å². The number of aliphatic imine (C=N–C) groups is 1. The van der Waals surface area contributed by atoms with Gasteiger partial charge in [-0.25, -0.2) is 4.68 Å². The Hall–Kier alpha value is -1.22. The van der Waals surface area contributed by atoms with Crippen molar-refractivity contribution in [1.29, 1.82) is 0 Å². The van der Waals surface area contributed by atoms with Crippen LogP contribution in [0.2, 0.25) is 0 Å². The van der Waals surface area contributed by atoms with E-state index in [0.29, 0.717) is 0 Å². The molecule has 0 amide bonds. The molecule has 0 unspecified atom stereocenters. The maximum Gasteiger partial charge on any atom is 0.191 e. The van der Waals surface area contributed by atoms with Crippen LogP contribution in [0.25, 0.3) is 5.69 Å². The molecule has 0 aliphatic heterocycles. The molecule has 0 aliphatic carbocycles. The van der Waals surface area contributed by atoms with Gasteiger partial charge in [-0.2, -0.15) is 16.9 Å². The minimum Gasteiger partial charge on any atom is -0.357 e. The van der Waals surface area contributed by atoms with E-state index in [1.165, 1.54) is 17.7 Å². The highest BCUT2D eigenvalue weighted by molar-refractivity contribution is 14.0. The van der Waals surface area contributed by atoms with Crippen LogP contribution in [-0.2, 0) is 6.42 Å². The quantitative estimate of drug-likeness (QED) is 0.232. The lowest BCUT2D eigenvalue weighted by Gasteiger charge is -2.11. The van der Waals surface area contributed by atoms with E-state index in [2.05, 4.69) is 58.2 Å². The second-order valence-corrected chi connectivity index (χ2v) is 6.74. The lowest BCUT2D eigenvalue weighted by Crippen LogP contribution is -2.38. The lowest BCUT2D eigenvalue weighted by molar-refractivity contribution is 0.770. The zero-order valence-corrected chi connectivity index (χ0v) is 18.8. The summed E-state index contributed by atoms with van der Waals surface area (Å²) in [5.74, 6) is 2.13. The maximum absolute atomic E-state index is 4.64. The Balaban J connectivity index is 0.00000338. The smallest absolute Gasteiger partial charge is 0.191 e. The largest absolute Gasteiger partial charge is 0.357 e. The van der Waals surface area contributed by atoms with Crippen LogP contribution in [0.4, 0.5) is 0 Å². The molecule has 2 rings (SSSR count). The number of nitrogens with one attached hydrogen (secondary N) is 2. The van der Waals surface area contributed by atoms with Crippen LogP contribution in [0.5, 0.6) is 0 Å². The van der Waals surface area contributed by atoms with Crippen molar-refractivity contribution in [2.24, 2.45) is 4.99 Å². The molecular weight excluding hydrogens is 457 g/mol. The van der Waals surface area contributed by atoms with Crippen LogP contribution in [0, 0.1) is 0 Å². The van der Waals surface area contributed by atoms with Crippen molar-refractivity contribution in [3.05, 3.63) is 48.3 Å². The summed E-state index contributed by atoms with van der Waals surface area (Å²) >= 11 is 1.90. The van der Waals surface area contributed by atoms with Crippen LogP contribution in [0.1, 0.15) is 25.3 Å². The molecule has 0 spiro atoms. The standard InChI is InChI=1S/C19H29N5S.HI/c1-3-20-19(21-12-4-5-16-25-2)22-14-11-17-7-9-18(10-8-17)24-15-6-13-23-24;/h6-10,13,15H,3-5,11-12,14,16H2,1-2H3,(H2,20,21,22);1H. The SMILES string of the molecule is CCNC(=NCCCCSC)NCCc1ccc(-n2cccn2)cc1.I. The zero-order valence-electron chi connectivity index (χ0n) is 15.6. The van der Waals surface area contributed by atoms with Crippen molar-refractivity contribution in [2.75, 3.05) is 31.6 Å². The molecule has 0 bridgehead atoms. The highest BCUT2D eigenvalue weighted by atomic mass is 127. The number of hydrogen-bond acceptors (Lipinski definition) is 3. The summed E-state index contributed by atoms with van der Waals surface area (Å²) < 4.78 is 1.87. The molecule has 1 heterocycles. The Morgan fingerprint density at radius 1 is 1.19 bits per heavy atom. The number of nitrogens with zero attached hydrogens (tertiary/aromatic N) is 3. The minimum atomic E-state index is 0. The van der Waals surface area contributed by atoms with E-state index in [9.17, 15) is 0 Å². The first-order valence-corrected chi connectivity index (χ1v) is 10.3. The van der Waals surface area contributed by atoms with Crippen LogP contribution < -0.4 is 10.6 Å². The Morgan fingerprint density at radius 2 is 2.00 bits per heavy atom. The van der Waals surface area contributed by atoms with Crippen molar-refractivity contribution in [3.8, 4) is 5.69 Å². The molecule has 1 aromatic carbocycles. The molecule has 0 radical (unpaired) electrons. The van der Waals surface area contributed by atoms with Gasteiger partial charge in [0.1, 0.15) is 0 Å². The van der Waals surface area contributed by atoms with Crippen molar-refractivity contribution in [3.63, 3.8) is 0 Å². The molecule has 2 aromatic rings. The van der Waals surface area contributed by atoms with E-state index >= 15 is 0 Å². The molecule has 0 fully saturated rings. The molecule has 5 nitrogen and oxygen atoms in total. The molecule has 0 atom stereocenters. The number of benzene rings is 1. The Morgan fingerprint density at radius 3 is 2.65 bits per heavy atom. The van der Waals surface area contributed by atoms with Crippen molar-refractivity contribution in [1.82, 2.24) is 20.4 Å². The number of hydrogen-bond donors (Lipinski definition) is 2. The topological polar surface area (TPSA) is 54.2 Å². The second kappa shape index (κ2) is 13.9. The second-order valence-electron chi connectivity index (χ2n) is 5.75. The van der Waals surface area contributed by atoms with Gasteiger partial charge >= 0.3 is 0 Å². The van der Waals surface area contributed by atoms with Crippen LogP contribution in [0.15, 0.2) is 47.7 Å². The average molecular weight is 487 g/mol. The van der Waals surface area contributed by atoms with Crippen LogP contribution in [0.3, 0.4) is 0 Å². The Labute approximate surface area is 178 Å². The van der Waals surface area contributed by atoms with E-state index in [1.807, 2.05) is 28.7 Å². The zero-order chi connectivity index (χ0) is 17.7. The van der Waals surface area contributed by atoms with E-state index in [4.69, 9.17) is 0 Å². The number of guanidine groups is 1. The summed E-state index contributed by atoms with van der Waals surface area (Å²) in [7, 11) is 0. The number of thioether (sulfide) groups is 1. The van der Waals surface area contributed by atoms with Crippen molar-refractivity contribution in [2.45, 2.75) is 26.2 Å². The summed E-state index contributed by atoms with van der Waals surface area (Å²) in [6, 6.07) is 10.5. The van der Waals surface area contributed by atoms with Gasteiger partial charge in [0, 0.05) is 32.0 Å². The van der Waals surface area contributed by atoms with Gasteiger partial charge < -0.3 is 10.6 Å². The minimum absolute atomic E-state index is 0. The molecule has 26 heavy (non-hydrogen) atoms. The van der Waals surface area contributed by atoms with Gasteiger partial charge in [0.2, 0.25) is 0 Å². The molecule has 2 N–H and O–H groups in total. The first kappa shape index (κ1) is 22.8. The first-order chi connectivity index (χ1) is 12.3. The summed E-state index contributed by atoms with van der Waals surface area (Å²) in [6.45, 7) is 4.74. The fourth-order valence-corrected chi connectivity index (χ4v) is 2.95. The third-order valence-electron chi connectivity index (χ3n) is 3.78. The predicted molar refractivity (Wildman–Crippen MR) is 124 cm³/mol. The van der Waals surface area contributed by atoms with Gasteiger partial charge in [0.15, 0.2) is 5.96 Å². The fraction of sp³-hybridized carbons (Fsp3) is 0.474. The highest BCUT2D eigenvalue weighted by Gasteiger charge is 2.00. The normalized spacial score (nSPS) is 11.1. The Bertz CT molecular complexity index is 613. The first-order valence-electron chi connectivity index (χ1n) is 8.93. The number of halogens is 1. The molecule has 1 aromatic heterocycles. The molecule has 0 aliphatic rings. The third-order valence-corrected chi connectivity index (χ3v) is 4.48. The number of aromatic nitrogens is 2. The molecule has 0 saturated carbocycles. The van der Waals surface area contributed by atoms with Crippen LogP contribution >= 0.6 is 35.7 Å². The summed E-state index contributed by atoms with van der Waals surface area (Å²) in [5.41, 5.74) is 2.39. The molecule has 7 heteroatoms. The summed E-state index contributed by atoms with van der Waals surface area (Å²) in [4.78, 5) is 4.64. The van der Waals surface area contributed by atoms with Gasteiger partial charge in [-0.3, -0.25) is 4.99 Å². The maximum atomic E-state index is 4.64. The van der Waals surface area contributed by atoms with Gasteiger partial charge in [0.25, 0.3) is 0 Å². The van der Waals surface area contributed by atoms with Crippen LogP contribution in [-0.4, -0.2) is 47.4 Å². The van der Waals surface area contributed by atoms with E-state index in [-0.39, 0.29) is 24.0 Å². The van der Waals surface area contributed by atoms with E-state index in [0.717, 1.165) is 44.1 Å². The number of rotatable bonds is 10. The third kappa shape index (κ3) is 8.44. The van der Waals surface area contributed by atoms with E-state index in [1.54, 1.807) is 6.20 Å². The molecule has 144 valence electrons. The molecule has 0 saturated heterocycles.